The number of aliphatic hydroxyl groups excluding tert-OH is 1. The fourth-order valence-corrected chi connectivity index (χ4v) is 4.34. The average molecular weight is 458 g/mol. The zero-order valence-corrected chi connectivity index (χ0v) is 18.9. The second kappa shape index (κ2) is 9.87. The Labute approximate surface area is 191 Å². The third-order valence-electron chi connectivity index (χ3n) is 5.06. The molecule has 0 saturated carbocycles. The van der Waals surface area contributed by atoms with Gasteiger partial charge in [-0.3, -0.25) is 0 Å². The van der Waals surface area contributed by atoms with Crippen molar-refractivity contribution in [1.29, 1.82) is 0 Å². The predicted octanol–water partition coefficient (Wildman–Crippen LogP) is 5.06. The molecule has 1 aliphatic rings. The number of ether oxygens (including phenoxy) is 2. The Bertz CT molecular complexity index is 1050. The standard InChI is InChI=1S/C23H24ClN3O3S/c1-14-5-3-6-15(2)22(14)23-18(24)9-10-19(25-23)27-31-21-8-4-7-20(26-21)30-17-11-16(12-28)29-13-17/h3-10,16-17,28H,11-13H2,1-2H3,(H,25,27). The second-order valence-corrected chi connectivity index (χ2v) is 8.66. The summed E-state index contributed by atoms with van der Waals surface area (Å²) >= 11 is 7.81. The van der Waals surface area contributed by atoms with Crippen LogP contribution in [-0.4, -0.2) is 40.5 Å². The molecule has 1 fully saturated rings. The molecule has 3 aromatic rings. The van der Waals surface area contributed by atoms with Gasteiger partial charge in [0, 0.05) is 30.0 Å². The van der Waals surface area contributed by atoms with Crippen LogP contribution in [0.4, 0.5) is 5.82 Å². The van der Waals surface area contributed by atoms with Crippen molar-refractivity contribution in [3.63, 3.8) is 0 Å². The first-order chi connectivity index (χ1) is 15.0. The van der Waals surface area contributed by atoms with Crippen LogP contribution in [0.25, 0.3) is 11.3 Å². The van der Waals surface area contributed by atoms with Gasteiger partial charge in [-0.2, -0.15) is 0 Å². The number of hydrogen-bond donors (Lipinski definition) is 2. The molecule has 0 bridgehead atoms. The first-order valence-corrected chi connectivity index (χ1v) is 11.2. The lowest BCUT2D eigenvalue weighted by Gasteiger charge is -2.13. The van der Waals surface area contributed by atoms with Crippen molar-refractivity contribution < 1.29 is 14.6 Å². The van der Waals surface area contributed by atoms with E-state index < -0.39 is 0 Å². The van der Waals surface area contributed by atoms with Crippen LogP contribution < -0.4 is 9.46 Å². The molecule has 6 nitrogen and oxygen atoms in total. The molecular formula is C23H24ClN3O3S. The van der Waals surface area contributed by atoms with Crippen molar-refractivity contribution in [1.82, 2.24) is 9.97 Å². The largest absolute Gasteiger partial charge is 0.472 e. The molecule has 0 amide bonds. The van der Waals surface area contributed by atoms with Crippen LogP contribution in [0.1, 0.15) is 17.5 Å². The van der Waals surface area contributed by atoms with Crippen molar-refractivity contribution in [2.75, 3.05) is 17.9 Å². The molecule has 2 unspecified atom stereocenters. The number of aromatic nitrogens is 2. The Hall–Kier alpha value is -2.32. The van der Waals surface area contributed by atoms with Crippen LogP contribution in [0.2, 0.25) is 5.02 Å². The van der Waals surface area contributed by atoms with E-state index in [0.29, 0.717) is 29.7 Å². The molecule has 0 aliphatic carbocycles. The number of benzene rings is 1. The van der Waals surface area contributed by atoms with E-state index in [1.54, 1.807) is 0 Å². The van der Waals surface area contributed by atoms with Gasteiger partial charge in [0.1, 0.15) is 16.9 Å². The van der Waals surface area contributed by atoms with E-state index in [1.807, 2.05) is 36.4 Å². The van der Waals surface area contributed by atoms with Crippen molar-refractivity contribution in [3.8, 4) is 17.1 Å². The molecule has 2 aromatic heterocycles. The molecule has 0 radical (unpaired) electrons. The van der Waals surface area contributed by atoms with Crippen LogP contribution in [-0.2, 0) is 4.74 Å². The zero-order chi connectivity index (χ0) is 21.8. The van der Waals surface area contributed by atoms with Gasteiger partial charge in [0.25, 0.3) is 0 Å². The molecule has 8 heteroatoms. The minimum absolute atomic E-state index is 0.00517. The molecule has 1 aliphatic heterocycles. The van der Waals surface area contributed by atoms with E-state index in [1.165, 1.54) is 11.9 Å². The maximum absolute atomic E-state index is 9.19. The zero-order valence-electron chi connectivity index (χ0n) is 17.3. The third-order valence-corrected chi connectivity index (χ3v) is 6.11. The minimum atomic E-state index is -0.161. The number of nitrogens with one attached hydrogen (secondary N) is 1. The highest BCUT2D eigenvalue weighted by atomic mass is 35.5. The number of nitrogens with zero attached hydrogens (tertiary/aromatic N) is 2. The average Bonchev–Trinajstić information content (AvgIpc) is 3.22. The van der Waals surface area contributed by atoms with Gasteiger partial charge in [-0.05, 0) is 43.2 Å². The summed E-state index contributed by atoms with van der Waals surface area (Å²) < 4.78 is 14.6. The first kappa shape index (κ1) is 21.9. The monoisotopic (exact) mass is 457 g/mol. The summed E-state index contributed by atoms with van der Waals surface area (Å²) in [5.74, 6) is 1.22. The maximum atomic E-state index is 9.19. The van der Waals surface area contributed by atoms with Gasteiger partial charge in [-0.15, -0.1) is 0 Å². The molecule has 4 rings (SSSR count). The van der Waals surface area contributed by atoms with E-state index in [-0.39, 0.29) is 18.8 Å². The second-order valence-electron chi connectivity index (χ2n) is 7.43. The fraction of sp³-hybridized carbons (Fsp3) is 0.304. The van der Waals surface area contributed by atoms with E-state index in [4.69, 9.17) is 26.1 Å². The summed E-state index contributed by atoms with van der Waals surface area (Å²) in [5.41, 5.74) is 4.07. The van der Waals surface area contributed by atoms with E-state index in [0.717, 1.165) is 27.4 Å². The predicted molar refractivity (Wildman–Crippen MR) is 124 cm³/mol. The van der Waals surface area contributed by atoms with Crippen molar-refractivity contribution in [2.45, 2.75) is 37.5 Å². The fourth-order valence-electron chi connectivity index (χ4n) is 3.54. The number of anilines is 1. The van der Waals surface area contributed by atoms with Crippen molar-refractivity contribution >= 4 is 29.4 Å². The van der Waals surface area contributed by atoms with Crippen LogP contribution in [0.15, 0.2) is 53.6 Å². The first-order valence-electron chi connectivity index (χ1n) is 10.1. The topological polar surface area (TPSA) is 76.5 Å². The number of halogens is 1. The maximum Gasteiger partial charge on any atom is 0.214 e. The highest BCUT2D eigenvalue weighted by Crippen LogP contribution is 2.33. The van der Waals surface area contributed by atoms with Crippen molar-refractivity contribution in [2.24, 2.45) is 0 Å². The Morgan fingerprint density at radius 2 is 1.90 bits per heavy atom. The minimum Gasteiger partial charge on any atom is -0.472 e. The lowest BCUT2D eigenvalue weighted by atomic mass is 9.99. The smallest absolute Gasteiger partial charge is 0.214 e. The van der Waals surface area contributed by atoms with Crippen LogP contribution >= 0.6 is 23.5 Å². The molecule has 162 valence electrons. The SMILES string of the molecule is Cc1cccc(C)c1-c1nc(NSc2cccc(OC3COC(CO)C3)n2)ccc1Cl. The number of rotatable bonds is 7. The lowest BCUT2D eigenvalue weighted by Crippen LogP contribution is -2.18. The Kier molecular flexibility index (Phi) is 6.97. The normalized spacial score (nSPS) is 18.2. The molecule has 0 spiro atoms. The summed E-state index contributed by atoms with van der Waals surface area (Å²) in [6.45, 7) is 4.58. The highest BCUT2D eigenvalue weighted by molar-refractivity contribution is 8.00. The van der Waals surface area contributed by atoms with Gasteiger partial charge < -0.3 is 19.3 Å². The summed E-state index contributed by atoms with van der Waals surface area (Å²) in [6.07, 6.45) is 0.394. The van der Waals surface area contributed by atoms with Gasteiger partial charge in [-0.25, -0.2) is 9.97 Å². The summed E-state index contributed by atoms with van der Waals surface area (Å²) in [7, 11) is 0. The van der Waals surface area contributed by atoms with E-state index in [9.17, 15) is 5.11 Å². The molecule has 3 heterocycles. The quantitative estimate of drug-likeness (QED) is 0.480. The van der Waals surface area contributed by atoms with Gasteiger partial charge in [-0.1, -0.05) is 35.9 Å². The van der Waals surface area contributed by atoms with E-state index in [2.05, 4.69) is 35.7 Å². The van der Waals surface area contributed by atoms with Gasteiger partial charge >= 0.3 is 0 Å². The van der Waals surface area contributed by atoms with Gasteiger partial charge in [0.15, 0.2) is 0 Å². The van der Waals surface area contributed by atoms with Gasteiger partial charge in [0.05, 0.1) is 30.0 Å². The van der Waals surface area contributed by atoms with Crippen molar-refractivity contribution in [3.05, 3.63) is 64.7 Å². The molecule has 1 aromatic carbocycles. The number of hydrogen-bond acceptors (Lipinski definition) is 7. The number of aliphatic hydroxyl groups is 1. The third kappa shape index (κ3) is 5.30. The lowest BCUT2D eigenvalue weighted by molar-refractivity contribution is 0.0531. The van der Waals surface area contributed by atoms with Gasteiger partial charge in [0.2, 0.25) is 5.88 Å². The molecule has 2 atom stereocenters. The van der Waals surface area contributed by atoms with Crippen LogP contribution in [0.3, 0.4) is 0 Å². The Morgan fingerprint density at radius 1 is 1.13 bits per heavy atom. The summed E-state index contributed by atoms with van der Waals surface area (Å²) in [6, 6.07) is 15.4. The molecule has 1 saturated heterocycles. The summed E-state index contributed by atoms with van der Waals surface area (Å²) in [4.78, 5) is 9.27. The van der Waals surface area contributed by atoms with E-state index >= 15 is 0 Å². The molecule has 31 heavy (non-hydrogen) atoms. The Balaban J connectivity index is 1.45. The number of aryl methyl sites for hydroxylation is 2. The number of pyridine rings is 2. The molecule has 2 N–H and O–H groups in total. The molecular weight excluding hydrogens is 434 g/mol. The summed E-state index contributed by atoms with van der Waals surface area (Å²) in [5, 5.41) is 10.6. The van der Waals surface area contributed by atoms with Crippen LogP contribution in [0, 0.1) is 13.8 Å². The Morgan fingerprint density at radius 3 is 2.65 bits per heavy atom. The van der Waals surface area contributed by atoms with Crippen LogP contribution in [0.5, 0.6) is 5.88 Å². The highest BCUT2D eigenvalue weighted by Gasteiger charge is 2.26.